The summed E-state index contributed by atoms with van der Waals surface area (Å²) in [4.78, 5) is 9.47. The number of amides is 1. The van der Waals surface area contributed by atoms with Crippen molar-refractivity contribution in [3.8, 4) is 0 Å². The van der Waals surface area contributed by atoms with Crippen LogP contribution in [0.25, 0.3) is 0 Å². The third kappa shape index (κ3) is 33.0. The fraction of sp³-hybridized carbons (Fsp3) is 0.444. The van der Waals surface area contributed by atoms with Crippen LogP contribution in [0.1, 0.15) is 20.8 Å². The standard InChI is InChI=1S/C6H11.C3H5NO.ClH.Na/c1-4-5-6(2)3;1-2-3(4)5;;/h4-5H,1-3H3;2H,1H2,(H2,4,5);1H;. The summed E-state index contributed by atoms with van der Waals surface area (Å²) in [6.07, 6.45) is 3.37. The Kier molecular flexibility index (Phi) is 17.8. The number of carbonyl (C=O) groups excluding carboxylic acids is 1. The fourth-order valence-corrected chi connectivity index (χ4v) is 1.33. The zero-order chi connectivity index (χ0) is 10.1. The van der Waals surface area contributed by atoms with Gasteiger partial charge in [-0.15, -0.1) is 12.4 Å². The summed E-state index contributed by atoms with van der Waals surface area (Å²) in [5.74, 6) is -0.481. The first-order valence-corrected chi connectivity index (χ1v) is 5.12. The number of rotatable bonds is 2. The smallest absolute Gasteiger partial charge is 0.147 e. The average Bonchev–Trinajstić information content (AvgIpc) is 1.85. The van der Waals surface area contributed by atoms with Crippen LogP contribution in [-0.2, 0) is 4.79 Å². The predicted octanol–water partition coefficient (Wildman–Crippen LogP) is 2.01. The molecule has 0 saturated heterocycles. The minimum atomic E-state index is -0.481. The van der Waals surface area contributed by atoms with Crippen molar-refractivity contribution < 1.29 is 4.79 Å². The van der Waals surface area contributed by atoms with Gasteiger partial charge in [-0.25, -0.2) is 0 Å². The van der Waals surface area contributed by atoms with Gasteiger partial charge in [0, 0.05) is 0 Å². The summed E-state index contributed by atoms with van der Waals surface area (Å²) < 4.78 is 0.852. The van der Waals surface area contributed by atoms with E-state index in [1.165, 1.54) is 33.5 Å². The first kappa shape index (κ1) is 18.9. The second-order valence-corrected chi connectivity index (χ2v) is 4.92. The first-order chi connectivity index (χ1) is 5.40. The number of hydrogen-bond donors (Lipinski definition) is 1. The van der Waals surface area contributed by atoms with Gasteiger partial charge in [0.1, 0.15) is 0 Å². The SMILES string of the molecule is C=CC(N)=O.CC(C)=C[CH](C)[Na].Cl. The molecule has 0 aliphatic rings. The van der Waals surface area contributed by atoms with Gasteiger partial charge in [-0.1, -0.05) is 6.58 Å². The van der Waals surface area contributed by atoms with Crippen molar-refractivity contribution in [2.75, 3.05) is 0 Å². The fourth-order valence-electron chi connectivity index (χ4n) is 0.667. The summed E-state index contributed by atoms with van der Waals surface area (Å²) in [5.41, 5.74) is 5.98. The molecule has 1 unspecified atom stereocenters. The van der Waals surface area contributed by atoms with Gasteiger partial charge in [-0.2, -0.15) is 0 Å². The normalized spacial score (nSPS) is 9.62. The molecular formula is C9H17ClNNaO. The van der Waals surface area contributed by atoms with Gasteiger partial charge in [-0.3, -0.25) is 4.79 Å². The van der Waals surface area contributed by atoms with Crippen molar-refractivity contribution in [1.82, 2.24) is 0 Å². The second-order valence-electron chi connectivity index (χ2n) is 3.09. The van der Waals surface area contributed by atoms with Gasteiger partial charge >= 0.3 is 63.5 Å². The van der Waals surface area contributed by atoms with Gasteiger partial charge in [0.15, 0.2) is 0 Å². The van der Waals surface area contributed by atoms with Gasteiger partial charge in [0.2, 0.25) is 5.91 Å². The molecule has 4 heteroatoms. The molecule has 0 saturated carbocycles. The molecule has 13 heavy (non-hydrogen) atoms. The van der Waals surface area contributed by atoms with Crippen LogP contribution in [-0.4, -0.2) is 33.8 Å². The Bertz CT molecular complexity index is 174. The van der Waals surface area contributed by atoms with E-state index in [9.17, 15) is 4.79 Å². The molecule has 0 radical (unpaired) electrons. The van der Waals surface area contributed by atoms with Crippen molar-refractivity contribution in [3.63, 3.8) is 0 Å². The maximum atomic E-state index is 9.47. The van der Waals surface area contributed by atoms with Crippen molar-refractivity contribution in [2.24, 2.45) is 5.73 Å². The van der Waals surface area contributed by atoms with Gasteiger partial charge in [0.05, 0.1) is 0 Å². The monoisotopic (exact) mass is 213 g/mol. The molecule has 0 aliphatic carbocycles. The molecule has 1 atom stereocenters. The maximum Gasteiger partial charge on any atom is -0.147 e. The molecule has 2 N–H and O–H groups in total. The van der Waals surface area contributed by atoms with Crippen LogP contribution in [0.3, 0.4) is 0 Å². The topological polar surface area (TPSA) is 43.1 Å². The van der Waals surface area contributed by atoms with E-state index in [0.717, 1.165) is 9.24 Å². The van der Waals surface area contributed by atoms with Crippen molar-refractivity contribution in [3.05, 3.63) is 24.3 Å². The Morgan fingerprint density at radius 3 is 1.85 bits per heavy atom. The van der Waals surface area contributed by atoms with Crippen LogP contribution in [0.15, 0.2) is 24.3 Å². The molecule has 0 rings (SSSR count). The van der Waals surface area contributed by atoms with Crippen LogP contribution in [0.4, 0.5) is 0 Å². The second kappa shape index (κ2) is 12.2. The molecule has 0 spiro atoms. The van der Waals surface area contributed by atoms with E-state index < -0.39 is 5.91 Å². The van der Waals surface area contributed by atoms with Crippen molar-refractivity contribution in [2.45, 2.75) is 23.9 Å². The molecule has 2 nitrogen and oxygen atoms in total. The van der Waals surface area contributed by atoms with E-state index in [0.29, 0.717) is 0 Å². The third-order valence-electron chi connectivity index (χ3n) is 0.868. The third-order valence-corrected chi connectivity index (χ3v) is 1.20. The number of halogens is 1. The summed E-state index contributed by atoms with van der Waals surface area (Å²) in [7, 11) is 0. The van der Waals surface area contributed by atoms with E-state index in [1.807, 2.05) is 0 Å². The maximum absolute atomic E-state index is 9.47. The summed E-state index contributed by atoms with van der Waals surface area (Å²) in [6, 6.07) is 0. The van der Waals surface area contributed by atoms with Gasteiger partial charge in [0.25, 0.3) is 0 Å². The molecule has 0 fully saturated rings. The van der Waals surface area contributed by atoms with Gasteiger partial charge in [-0.05, 0) is 6.08 Å². The number of hydrogen-bond acceptors (Lipinski definition) is 1. The van der Waals surface area contributed by atoms with Crippen LogP contribution in [0, 0.1) is 0 Å². The molecule has 0 aliphatic heterocycles. The molecule has 1 amide bonds. The molecule has 0 aromatic heterocycles. The van der Waals surface area contributed by atoms with Crippen LogP contribution < -0.4 is 5.73 Å². The number of carbonyl (C=O) groups is 1. The minimum Gasteiger partial charge on any atom is -0.147 e. The van der Waals surface area contributed by atoms with E-state index in [-0.39, 0.29) is 12.4 Å². The van der Waals surface area contributed by atoms with Gasteiger partial charge < -0.3 is 5.73 Å². The van der Waals surface area contributed by atoms with Crippen LogP contribution in [0.2, 0.25) is 3.17 Å². The minimum absolute atomic E-state index is 0. The van der Waals surface area contributed by atoms with Crippen molar-refractivity contribution >= 4 is 46.2 Å². The summed E-state index contributed by atoms with van der Waals surface area (Å²) in [5, 5.41) is 0. The number of allylic oxidation sites excluding steroid dienone is 2. The first-order valence-electron chi connectivity index (χ1n) is 3.97. The average molecular weight is 214 g/mol. The Hall–Kier alpha value is 0.240. The molecule has 0 aromatic rings. The Labute approximate surface area is 104 Å². The molecular weight excluding hydrogens is 197 g/mol. The molecule has 0 heterocycles. The molecule has 0 aromatic carbocycles. The van der Waals surface area contributed by atoms with Crippen LogP contribution >= 0.6 is 12.4 Å². The molecule has 0 bridgehead atoms. The number of primary amides is 1. The van der Waals surface area contributed by atoms with E-state index in [2.05, 4.69) is 39.2 Å². The zero-order valence-corrected chi connectivity index (χ0v) is 11.6. The zero-order valence-electron chi connectivity index (χ0n) is 8.83. The quantitative estimate of drug-likeness (QED) is 0.426. The molecule has 72 valence electrons. The Morgan fingerprint density at radius 1 is 1.54 bits per heavy atom. The summed E-state index contributed by atoms with van der Waals surface area (Å²) in [6.45, 7) is 9.63. The van der Waals surface area contributed by atoms with E-state index in [4.69, 9.17) is 0 Å². The number of nitrogens with two attached hydrogens (primary N) is 1. The van der Waals surface area contributed by atoms with E-state index >= 15 is 0 Å². The van der Waals surface area contributed by atoms with Crippen molar-refractivity contribution in [1.29, 1.82) is 0 Å². The Morgan fingerprint density at radius 2 is 1.85 bits per heavy atom. The Balaban J connectivity index is -0.000000150. The summed E-state index contributed by atoms with van der Waals surface area (Å²) >= 11 is 1.29. The van der Waals surface area contributed by atoms with E-state index in [1.54, 1.807) is 0 Å². The van der Waals surface area contributed by atoms with Crippen LogP contribution in [0.5, 0.6) is 0 Å². The predicted molar refractivity (Wildman–Crippen MR) is 61.2 cm³/mol. The largest absolute Gasteiger partial charge is 0.147 e.